The van der Waals surface area contributed by atoms with Gasteiger partial charge in [-0.25, -0.2) is 9.67 Å². The van der Waals surface area contributed by atoms with Crippen LogP contribution in [0.1, 0.15) is 31.2 Å². The number of unbranched alkanes of at least 4 members (excludes halogenated alkanes) is 1. The lowest BCUT2D eigenvalue weighted by molar-refractivity contribution is 0.402. The van der Waals surface area contributed by atoms with E-state index in [9.17, 15) is 0 Å². The average Bonchev–Trinajstić information content (AvgIpc) is 2.77. The molecule has 0 radical (unpaired) electrons. The van der Waals surface area contributed by atoms with Crippen LogP contribution in [0.25, 0.3) is 11.4 Å². The smallest absolute Gasteiger partial charge is 0.158 e. The van der Waals surface area contributed by atoms with Crippen LogP contribution in [0.2, 0.25) is 0 Å². The molecular weight excluding hydrogens is 248 g/mol. The van der Waals surface area contributed by atoms with E-state index in [1.807, 2.05) is 11.6 Å². The summed E-state index contributed by atoms with van der Waals surface area (Å²) in [5, 5.41) is 4.51. The number of benzene rings is 1. The van der Waals surface area contributed by atoms with Gasteiger partial charge in [0, 0.05) is 18.7 Å². The van der Waals surface area contributed by atoms with Gasteiger partial charge in [-0.05, 0) is 39.1 Å². The summed E-state index contributed by atoms with van der Waals surface area (Å²) in [5.41, 5.74) is 2.45. The molecule has 0 atom stereocenters. The monoisotopic (exact) mass is 272 g/mol. The van der Waals surface area contributed by atoms with Gasteiger partial charge in [0.25, 0.3) is 0 Å². The molecule has 1 aromatic carbocycles. The summed E-state index contributed by atoms with van der Waals surface area (Å²) >= 11 is 0. The number of aromatic nitrogens is 3. The molecule has 0 aliphatic heterocycles. The summed E-state index contributed by atoms with van der Waals surface area (Å²) in [5.74, 6) is 1.82. The van der Waals surface area contributed by atoms with Crippen molar-refractivity contribution in [1.82, 2.24) is 19.7 Å². The predicted octanol–water partition coefficient (Wildman–Crippen LogP) is 3.12. The first-order valence-corrected chi connectivity index (χ1v) is 7.25. The molecule has 0 saturated carbocycles. The highest BCUT2D eigenvalue weighted by Gasteiger charge is 2.10. The van der Waals surface area contributed by atoms with Gasteiger partial charge in [-0.2, -0.15) is 5.10 Å². The highest BCUT2D eigenvalue weighted by Crippen LogP contribution is 2.20. The molecule has 0 aliphatic rings. The maximum Gasteiger partial charge on any atom is 0.158 e. The second-order valence-corrected chi connectivity index (χ2v) is 5.50. The molecule has 4 heteroatoms. The lowest BCUT2D eigenvalue weighted by Gasteiger charge is -2.11. The number of rotatable bonds is 6. The average molecular weight is 272 g/mol. The van der Waals surface area contributed by atoms with E-state index in [2.05, 4.69) is 60.3 Å². The molecule has 0 amide bonds. The molecule has 0 bridgehead atoms. The van der Waals surface area contributed by atoms with Crippen molar-refractivity contribution in [2.75, 3.05) is 14.1 Å². The van der Waals surface area contributed by atoms with Crippen molar-refractivity contribution in [2.45, 2.75) is 39.8 Å². The number of hydrogen-bond acceptors (Lipinski definition) is 3. The molecule has 1 aromatic heterocycles. The molecule has 0 spiro atoms. The minimum Gasteiger partial charge on any atom is -0.305 e. The van der Waals surface area contributed by atoms with Gasteiger partial charge in [-0.3, -0.25) is 0 Å². The third kappa shape index (κ3) is 3.67. The first kappa shape index (κ1) is 14.7. The molecule has 0 fully saturated rings. The second kappa shape index (κ2) is 6.66. The van der Waals surface area contributed by atoms with E-state index in [4.69, 9.17) is 0 Å². The van der Waals surface area contributed by atoms with Gasteiger partial charge in [0.05, 0.1) is 0 Å². The minimum atomic E-state index is 0.842. The first-order chi connectivity index (χ1) is 9.60. The summed E-state index contributed by atoms with van der Waals surface area (Å²) in [6.07, 6.45) is 2.30. The number of aryl methyl sites for hydroxylation is 2. The summed E-state index contributed by atoms with van der Waals surface area (Å²) < 4.78 is 2.04. The van der Waals surface area contributed by atoms with Gasteiger partial charge in [0.15, 0.2) is 5.82 Å². The van der Waals surface area contributed by atoms with Crippen molar-refractivity contribution in [3.8, 4) is 11.4 Å². The fraction of sp³-hybridized carbons (Fsp3) is 0.500. The Labute approximate surface area is 121 Å². The van der Waals surface area contributed by atoms with Gasteiger partial charge < -0.3 is 4.90 Å². The summed E-state index contributed by atoms with van der Waals surface area (Å²) in [6, 6.07) is 8.59. The van der Waals surface area contributed by atoms with E-state index in [1.165, 1.54) is 12.0 Å². The van der Waals surface area contributed by atoms with E-state index < -0.39 is 0 Å². The zero-order chi connectivity index (χ0) is 14.5. The quantitative estimate of drug-likeness (QED) is 0.810. The lowest BCUT2D eigenvalue weighted by atomic mass is 10.1. The normalized spacial score (nSPS) is 11.2. The Balaban J connectivity index is 2.30. The molecule has 2 aromatic rings. The lowest BCUT2D eigenvalue weighted by Crippen LogP contribution is -2.10. The van der Waals surface area contributed by atoms with Gasteiger partial charge in [-0.1, -0.05) is 31.5 Å². The van der Waals surface area contributed by atoms with Crippen molar-refractivity contribution < 1.29 is 0 Å². The van der Waals surface area contributed by atoms with Crippen LogP contribution in [0, 0.1) is 6.92 Å². The summed E-state index contributed by atoms with van der Waals surface area (Å²) in [4.78, 5) is 6.77. The summed E-state index contributed by atoms with van der Waals surface area (Å²) in [6.45, 7) is 6.03. The molecule has 0 saturated heterocycles. The molecule has 4 nitrogen and oxygen atoms in total. The molecule has 20 heavy (non-hydrogen) atoms. The molecule has 108 valence electrons. The number of hydrogen-bond donors (Lipinski definition) is 0. The number of nitrogens with zero attached hydrogens (tertiary/aromatic N) is 4. The Morgan fingerprint density at radius 1 is 1.25 bits per heavy atom. The molecule has 0 N–H and O–H groups in total. The van der Waals surface area contributed by atoms with Crippen LogP contribution in [0.4, 0.5) is 0 Å². The van der Waals surface area contributed by atoms with Crippen molar-refractivity contribution in [3.05, 3.63) is 35.7 Å². The van der Waals surface area contributed by atoms with E-state index in [1.54, 1.807) is 0 Å². The van der Waals surface area contributed by atoms with E-state index >= 15 is 0 Å². The second-order valence-electron chi connectivity index (χ2n) is 5.50. The Hall–Kier alpha value is -1.68. The van der Waals surface area contributed by atoms with E-state index in [-0.39, 0.29) is 0 Å². The van der Waals surface area contributed by atoms with E-state index in [0.717, 1.165) is 36.7 Å². The van der Waals surface area contributed by atoms with Crippen LogP contribution in [0.3, 0.4) is 0 Å². The molecule has 0 aliphatic carbocycles. The van der Waals surface area contributed by atoms with Gasteiger partial charge in [0.1, 0.15) is 5.82 Å². The third-order valence-electron chi connectivity index (χ3n) is 3.19. The first-order valence-electron chi connectivity index (χ1n) is 7.25. The van der Waals surface area contributed by atoms with Crippen LogP contribution in [-0.4, -0.2) is 33.8 Å². The molecule has 1 heterocycles. The van der Waals surface area contributed by atoms with Gasteiger partial charge >= 0.3 is 0 Å². The topological polar surface area (TPSA) is 34.0 Å². The van der Waals surface area contributed by atoms with Gasteiger partial charge in [0.2, 0.25) is 0 Å². The molecule has 2 rings (SSSR count). The maximum absolute atomic E-state index is 4.59. The highest BCUT2D eigenvalue weighted by molar-refractivity contribution is 5.56. The van der Waals surface area contributed by atoms with Crippen LogP contribution in [0.15, 0.2) is 24.3 Å². The van der Waals surface area contributed by atoms with Gasteiger partial charge in [-0.15, -0.1) is 0 Å². The molecule has 0 unspecified atom stereocenters. The SMILES string of the molecule is CCCCn1nc(C)nc1-c1cccc(CN(C)C)c1. The van der Waals surface area contributed by atoms with Crippen molar-refractivity contribution in [1.29, 1.82) is 0 Å². The van der Waals surface area contributed by atoms with Crippen LogP contribution in [-0.2, 0) is 13.1 Å². The maximum atomic E-state index is 4.59. The van der Waals surface area contributed by atoms with Crippen molar-refractivity contribution >= 4 is 0 Å². The van der Waals surface area contributed by atoms with Crippen LogP contribution < -0.4 is 0 Å². The van der Waals surface area contributed by atoms with Crippen LogP contribution in [0.5, 0.6) is 0 Å². The zero-order valence-electron chi connectivity index (χ0n) is 12.9. The Morgan fingerprint density at radius 2 is 2.05 bits per heavy atom. The highest BCUT2D eigenvalue weighted by atomic mass is 15.3. The fourth-order valence-corrected chi connectivity index (χ4v) is 2.31. The van der Waals surface area contributed by atoms with E-state index in [0.29, 0.717) is 0 Å². The van der Waals surface area contributed by atoms with Crippen molar-refractivity contribution in [2.24, 2.45) is 0 Å². The van der Waals surface area contributed by atoms with Crippen molar-refractivity contribution in [3.63, 3.8) is 0 Å². The fourth-order valence-electron chi connectivity index (χ4n) is 2.31. The largest absolute Gasteiger partial charge is 0.305 e. The van der Waals surface area contributed by atoms with Crippen LogP contribution >= 0.6 is 0 Å². The summed E-state index contributed by atoms with van der Waals surface area (Å²) in [7, 11) is 4.17. The zero-order valence-corrected chi connectivity index (χ0v) is 12.9. The third-order valence-corrected chi connectivity index (χ3v) is 3.19. The predicted molar refractivity (Wildman–Crippen MR) is 82.5 cm³/mol. The standard InChI is InChI=1S/C16H24N4/c1-5-6-10-20-16(17-13(2)18-20)15-9-7-8-14(11-15)12-19(3)4/h7-9,11H,5-6,10,12H2,1-4H3. The Morgan fingerprint density at radius 3 is 2.75 bits per heavy atom. The minimum absolute atomic E-state index is 0.842. The molecular formula is C16H24N4. The Bertz CT molecular complexity index is 557. The Kier molecular flexibility index (Phi) is 4.90.